The first kappa shape index (κ1) is 150. The number of nitrogens with zero attached hydrogens (tertiary/aromatic N) is 8. The Morgan fingerprint density at radius 3 is 0.161 bits per heavy atom. The number of halogens is 4. The van der Waals surface area contributed by atoms with Crippen molar-refractivity contribution >= 4 is 31.6 Å². The van der Waals surface area contributed by atoms with Gasteiger partial charge in [-0.15, -0.1) is 0 Å². The van der Waals surface area contributed by atoms with E-state index < -0.39 is 31.6 Å². The van der Waals surface area contributed by atoms with Crippen molar-refractivity contribution in [3.05, 3.63) is 0 Å². The van der Waals surface area contributed by atoms with Crippen LogP contribution in [-0.2, 0) is 18.3 Å². The largest absolute Gasteiger partial charge is 0.786 e. The predicted octanol–water partition coefficient (Wildman–Crippen LogP) is 22.7. The van der Waals surface area contributed by atoms with Crippen LogP contribution in [0.2, 0.25) is 0 Å². The second kappa shape index (κ2) is 99.0. The minimum Gasteiger partial charge on any atom is -0.786 e. The smallest absolute Gasteiger partial charge is 0.110 e. The summed E-state index contributed by atoms with van der Waals surface area (Å²) in [4.78, 5) is 67.5. The van der Waals surface area contributed by atoms with Gasteiger partial charge in [0, 0.05) is 0 Å². The molecule has 768 valence electrons. The summed E-state index contributed by atoms with van der Waals surface area (Å²) < 4.78 is 85.3. The minimum absolute atomic E-state index is 1.33. The van der Waals surface area contributed by atoms with Gasteiger partial charge in [0.25, 0.3) is 0 Å². The topological polar surface area (TPSA) is 253 Å². The van der Waals surface area contributed by atoms with E-state index in [0.717, 1.165) is 0 Å². The van der Waals surface area contributed by atoms with Crippen molar-refractivity contribution in [1.29, 1.82) is 0 Å². The normalized spacial score (nSPS) is 12.0. The average Bonchev–Trinajstić information content (AvgIpc) is 3.63. The highest BCUT2D eigenvalue weighted by Crippen LogP contribution is 2.25. The highest BCUT2D eigenvalue weighted by Gasteiger charge is 2.29. The molecule has 28 heteroatoms. The molecular weight excluding hydrogens is 1660 g/mol. The molecule has 0 aliphatic carbocycles. The fourth-order valence-electron chi connectivity index (χ4n) is 20.5. The van der Waals surface area contributed by atoms with Gasteiger partial charge in [-0.25, -0.2) is 16.8 Å². The van der Waals surface area contributed by atoms with Crippen molar-refractivity contribution in [2.45, 2.75) is 427 Å². The van der Waals surface area contributed by atoms with Gasteiger partial charge in [0.1, 0.15) is 31.6 Å². The van der Waals surface area contributed by atoms with Gasteiger partial charge in [-0.3, -0.25) is 0 Å². The first-order chi connectivity index (χ1) is 57.9. The zero-order chi connectivity index (χ0) is 99.3. The lowest BCUT2D eigenvalue weighted by Gasteiger charge is -2.38. The van der Waals surface area contributed by atoms with Crippen LogP contribution < -0.4 is 39.1 Å². The van der Waals surface area contributed by atoms with Crippen LogP contribution in [0.25, 0.3) is 0 Å². The lowest BCUT2D eigenvalue weighted by molar-refractivity contribution is -0.928. The molecule has 0 N–H and O–H groups in total. The Labute approximate surface area is 774 Å². The summed E-state index contributed by atoms with van der Waals surface area (Å²) in [5.74, 6) is 0. The molecule has 0 bridgehead atoms. The van der Waals surface area contributed by atoms with Gasteiger partial charge < -0.3 is 93.3 Å². The van der Waals surface area contributed by atoms with Gasteiger partial charge in [-0.2, -0.15) is 0 Å². The number of quaternary nitrogens is 8. The fraction of sp³-hybridized carbons (Fsp3) is 1.00. The third-order valence-electron chi connectivity index (χ3n) is 22.3. The molecule has 0 radical (unpaired) electrons. The maximum atomic E-state index is 10.1. The lowest BCUT2D eigenvalue weighted by atomic mass is 10.2. The maximum absolute atomic E-state index is 10.1. The van der Waals surface area contributed by atoms with Crippen LogP contribution in [0.5, 0.6) is 0 Å². The molecule has 124 heavy (non-hydrogen) atoms. The molecular formula is C96H224F4N8O12P4. The molecule has 0 fully saturated rings. The number of rotatable bonds is 64. The third kappa shape index (κ3) is 109. The predicted molar refractivity (Wildman–Crippen MR) is 522 cm³/mol. The summed E-state index contributed by atoms with van der Waals surface area (Å²) in [6.45, 7) is 118. The average molecular weight is 1880 g/mol. The lowest BCUT2D eigenvalue weighted by Crippen LogP contribution is -2.50. The van der Waals surface area contributed by atoms with Crippen LogP contribution in [0.4, 0.5) is 16.8 Å². The Kier molecular flexibility index (Phi) is 119. The van der Waals surface area contributed by atoms with E-state index in [4.69, 9.17) is 57.4 Å². The molecule has 0 saturated carbocycles. The number of hydrogen-bond donors (Lipinski definition) is 0. The molecule has 20 nitrogen and oxygen atoms in total. The van der Waals surface area contributed by atoms with E-state index in [1.807, 2.05) is 0 Å². The number of hydrogen-bond acceptors (Lipinski definition) is 12. The van der Waals surface area contributed by atoms with E-state index in [9.17, 15) is 16.8 Å². The van der Waals surface area contributed by atoms with Gasteiger partial charge in [-0.1, -0.05) is 222 Å². The van der Waals surface area contributed by atoms with Crippen molar-refractivity contribution < 1.29 is 110 Å². The van der Waals surface area contributed by atoms with Crippen molar-refractivity contribution in [3.63, 3.8) is 0 Å². The standard InChI is InChI=1S/8C12H28N.4FH2O3P/c8*1-5-9-13(10-6-2,11-7-3)12-8-4;4*1-5(2,3)4/h8*5-12H2,1-4H3;4*(H2,2,3,4)/q8*+1;;;;/p-8. The molecule has 0 aromatic rings. The molecule has 0 atom stereocenters. The summed E-state index contributed by atoms with van der Waals surface area (Å²) in [5, 5.41) is 0. The molecule has 0 aromatic heterocycles. The SMILES string of the molecule is CCC[N+](CCC)(CCC)CCC.CCC[N+](CCC)(CCC)CCC.CCC[N+](CCC)(CCC)CCC.CCC[N+](CCC)(CCC)CCC.CCC[N+](CCC)(CCC)CCC.CCC[N+](CCC)(CCC)CCC.CCC[N+](CCC)(CCC)CCC.CCC[N+](CCC)(CCC)CCC.O=P([O-])([O-])F.O=P([O-])([O-])F.O=P([O-])([O-])F.O=P([O-])([O-])F. The Bertz CT molecular complexity index is 1600. The maximum Gasteiger partial charge on any atom is 0.110 e. The summed E-state index contributed by atoms with van der Waals surface area (Å²) in [6.07, 6.45) is 42.7. The second-order valence-electron chi connectivity index (χ2n) is 35.6. The van der Waals surface area contributed by atoms with E-state index in [0.29, 0.717) is 0 Å². The van der Waals surface area contributed by atoms with Crippen molar-refractivity contribution in [1.82, 2.24) is 0 Å². The van der Waals surface area contributed by atoms with Gasteiger partial charge in [0.2, 0.25) is 0 Å². The molecule has 0 spiro atoms. The van der Waals surface area contributed by atoms with E-state index in [-0.39, 0.29) is 0 Å². The zero-order valence-electron chi connectivity index (χ0n) is 89.0. The summed E-state index contributed by atoms with van der Waals surface area (Å²) in [6, 6.07) is 0. The van der Waals surface area contributed by atoms with Gasteiger partial charge in [0.15, 0.2) is 0 Å². The van der Waals surface area contributed by atoms with Crippen LogP contribution in [-0.4, -0.2) is 245 Å². The van der Waals surface area contributed by atoms with Crippen LogP contribution in [0.1, 0.15) is 427 Å². The molecule has 0 aliphatic rings. The molecule has 0 amide bonds. The zero-order valence-corrected chi connectivity index (χ0v) is 92.6. The first-order valence-electron chi connectivity index (χ1n) is 51.6. The Morgan fingerprint density at radius 1 is 0.121 bits per heavy atom. The van der Waals surface area contributed by atoms with Crippen molar-refractivity contribution in [2.24, 2.45) is 0 Å². The van der Waals surface area contributed by atoms with Gasteiger partial charge in [-0.05, 0) is 205 Å². The summed E-state index contributed by atoms with van der Waals surface area (Å²) in [5.41, 5.74) is 0. The van der Waals surface area contributed by atoms with Crippen LogP contribution in [0, 0.1) is 0 Å². The summed E-state index contributed by atoms with van der Waals surface area (Å²) >= 11 is 0. The first-order valence-corrected chi connectivity index (χ1v) is 57.3. The molecule has 0 aromatic carbocycles. The van der Waals surface area contributed by atoms with Gasteiger partial charge in [0.05, 0.1) is 209 Å². The minimum atomic E-state index is -5.64. The third-order valence-corrected chi connectivity index (χ3v) is 22.3. The van der Waals surface area contributed by atoms with Crippen LogP contribution in [0.15, 0.2) is 0 Å². The molecule has 0 rings (SSSR count). The van der Waals surface area contributed by atoms with Crippen LogP contribution >= 0.6 is 31.6 Å². The Balaban J connectivity index is -0.000000112. The quantitative estimate of drug-likeness (QED) is 0.0313. The van der Waals surface area contributed by atoms with E-state index >= 15 is 0 Å². The second-order valence-corrected chi connectivity index (χ2v) is 39.1. The van der Waals surface area contributed by atoms with Gasteiger partial charge >= 0.3 is 0 Å². The van der Waals surface area contributed by atoms with Crippen LogP contribution in [0.3, 0.4) is 0 Å². The van der Waals surface area contributed by atoms with E-state index in [1.54, 1.807) is 0 Å². The molecule has 0 unspecified atom stereocenters. The highest BCUT2D eigenvalue weighted by atomic mass is 31.2. The van der Waals surface area contributed by atoms with E-state index in [1.165, 1.54) is 451 Å². The molecule has 0 saturated heterocycles. The Morgan fingerprint density at radius 2 is 0.145 bits per heavy atom. The van der Waals surface area contributed by atoms with Crippen molar-refractivity contribution in [2.75, 3.05) is 209 Å². The summed E-state index contributed by atoms with van der Waals surface area (Å²) in [7, 11) is -22.6. The Hall–Kier alpha value is -0.000000000000000167. The van der Waals surface area contributed by atoms with Crippen molar-refractivity contribution in [3.8, 4) is 0 Å². The highest BCUT2D eigenvalue weighted by molar-refractivity contribution is 7.43. The fourth-order valence-corrected chi connectivity index (χ4v) is 20.5. The van der Waals surface area contributed by atoms with E-state index in [2.05, 4.69) is 222 Å². The molecule has 0 aliphatic heterocycles. The monoisotopic (exact) mass is 1880 g/mol. The molecule has 0 heterocycles.